The maximum absolute atomic E-state index is 13.6. The van der Waals surface area contributed by atoms with E-state index < -0.39 is 11.6 Å². The van der Waals surface area contributed by atoms with E-state index >= 15 is 0 Å². The van der Waals surface area contributed by atoms with Crippen molar-refractivity contribution in [2.45, 2.75) is 6.42 Å². The number of carbonyl (C=O) groups excluding carboxylic acids is 1. The third-order valence-electron chi connectivity index (χ3n) is 3.91. The first-order chi connectivity index (χ1) is 11.0. The average Bonchev–Trinajstić information content (AvgIpc) is 2.50. The Balaban J connectivity index is 1.77. The van der Waals surface area contributed by atoms with Gasteiger partial charge in [0.25, 0.3) is 0 Å². The number of nitrogens with one attached hydrogen (secondary N) is 1. The van der Waals surface area contributed by atoms with Gasteiger partial charge in [0.1, 0.15) is 11.6 Å². The van der Waals surface area contributed by atoms with Crippen molar-refractivity contribution < 1.29 is 13.6 Å². The molecule has 0 spiro atoms. The van der Waals surface area contributed by atoms with Crippen LogP contribution in [-0.2, 0) is 0 Å². The lowest BCUT2D eigenvalue weighted by molar-refractivity contribution is 0.144. The molecular weight excluding hydrogens is 302 g/mol. The summed E-state index contributed by atoms with van der Waals surface area (Å²) in [5.41, 5.74) is 0.00446. The second kappa shape index (κ2) is 8.21. The van der Waals surface area contributed by atoms with Crippen LogP contribution in [0.4, 0.5) is 19.3 Å². The van der Waals surface area contributed by atoms with Gasteiger partial charge in [-0.3, -0.25) is 4.90 Å². The molecule has 7 heteroatoms. The van der Waals surface area contributed by atoms with Crippen molar-refractivity contribution in [2.24, 2.45) is 0 Å². The van der Waals surface area contributed by atoms with Crippen molar-refractivity contribution in [3.63, 3.8) is 0 Å². The fourth-order valence-electron chi connectivity index (χ4n) is 2.57. The number of amides is 2. The van der Waals surface area contributed by atoms with Crippen molar-refractivity contribution in [3.05, 3.63) is 29.8 Å². The molecule has 0 aliphatic carbocycles. The quantitative estimate of drug-likeness (QED) is 0.900. The van der Waals surface area contributed by atoms with Crippen molar-refractivity contribution in [3.8, 4) is 0 Å². The van der Waals surface area contributed by atoms with Gasteiger partial charge in [0.2, 0.25) is 0 Å². The molecule has 2 amide bonds. The molecule has 1 N–H and O–H groups in total. The molecule has 0 radical (unpaired) electrons. The smallest absolute Gasteiger partial charge is 0.322 e. The number of urea groups is 1. The van der Waals surface area contributed by atoms with Crippen LogP contribution in [0.3, 0.4) is 0 Å². The lowest BCUT2D eigenvalue weighted by Crippen LogP contribution is -2.50. The third kappa shape index (κ3) is 5.44. The zero-order valence-corrected chi connectivity index (χ0v) is 13.7. The molecule has 0 unspecified atom stereocenters. The number of halogens is 2. The maximum atomic E-state index is 13.6. The van der Waals surface area contributed by atoms with Gasteiger partial charge in [-0.15, -0.1) is 0 Å². The summed E-state index contributed by atoms with van der Waals surface area (Å²) in [7, 11) is 4.10. The number of benzene rings is 1. The first kappa shape index (κ1) is 17.6. The summed E-state index contributed by atoms with van der Waals surface area (Å²) >= 11 is 0. The van der Waals surface area contributed by atoms with E-state index in [0.717, 1.165) is 44.7 Å². The van der Waals surface area contributed by atoms with Gasteiger partial charge in [0.15, 0.2) is 0 Å². The van der Waals surface area contributed by atoms with Gasteiger partial charge in [-0.25, -0.2) is 13.6 Å². The van der Waals surface area contributed by atoms with Gasteiger partial charge in [-0.2, -0.15) is 0 Å². The lowest BCUT2D eigenvalue weighted by atomic mass is 10.2. The summed E-state index contributed by atoms with van der Waals surface area (Å²) in [6.45, 7) is 4.90. The van der Waals surface area contributed by atoms with Crippen LogP contribution < -0.4 is 5.32 Å². The van der Waals surface area contributed by atoms with E-state index in [-0.39, 0.29) is 11.7 Å². The lowest BCUT2D eigenvalue weighted by Gasteiger charge is -2.34. The zero-order chi connectivity index (χ0) is 16.8. The minimum atomic E-state index is -0.763. The molecular formula is C16H24F2N4O. The van der Waals surface area contributed by atoms with Gasteiger partial charge in [-0.1, -0.05) is 0 Å². The summed E-state index contributed by atoms with van der Waals surface area (Å²) < 4.78 is 26.4. The molecule has 1 heterocycles. The van der Waals surface area contributed by atoms with Crippen molar-refractivity contribution in [1.29, 1.82) is 0 Å². The monoisotopic (exact) mass is 326 g/mol. The summed E-state index contributed by atoms with van der Waals surface area (Å²) in [6.07, 6.45) is 1.10. The Morgan fingerprint density at radius 1 is 1.22 bits per heavy atom. The van der Waals surface area contributed by atoms with Gasteiger partial charge >= 0.3 is 6.03 Å². The molecule has 0 atom stereocenters. The number of hydrogen-bond acceptors (Lipinski definition) is 3. The first-order valence-electron chi connectivity index (χ1n) is 7.84. The number of anilines is 1. The molecule has 2 rings (SSSR count). The fourth-order valence-corrected chi connectivity index (χ4v) is 2.57. The molecule has 1 saturated heterocycles. The Morgan fingerprint density at radius 3 is 2.52 bits per heavy atom. The minimum absolute atomic E-state index is 0.00446. The van der Waals surface area contributed by atoms with Crippen LogP contribution in [-0.4, -0.2) is 74.1 Å². The van der Waals surface area contributed by atoms with Gasteiger partial charge < -0.3 is 15.1 Å². The molecule has 1 aromatic rings. The average molecular weight is 326 g/mol. The van der Waals surface area contributed by atoms with Gasteiger partial charge in [0, 0.05) is 32.2 Å². The SMILES string of the molecule is CN(C)CCCN1CCN(C(=O)Nc2ccc(F)cc2F)CC1. The molecule has 0 bridgehead atoms. The first-order valence-corrected chi connectivity index (χ1v) is 7.84. The van der Waals surface area contributed by atoms with Crippen molar-refractivity contribution in [2.75, 3.05) is 58.7 Å². The predicted octanol–water partition coefficient (Wildman–Crippen LogP) is 2.07. The molecule has 5 nitrogen and oxygen atoms in total. The Bertz CT molecular complexity index is 531. The Morgan fingerprint density at radius 2 is 1.91 bits per heavy atom. The molecule has 128 valence electrons. The Labute approximate surface area is 135 Å². The topological polar surface area (TPSA) is 38.8 Å². The molecule has 0 aromatic heterocycles. The Kier molecular flexibility index (Phi) is 6.29. The summed E-state index contributed by atoms with van der Waals surface area (Å²) in [6, 6.07) is 2.78. The van der Waals surface area contributed by atoms with Crippen LogP contribution in [0, 0.1) is 11.6 Å². The summed E-state index contributed by atoms with van der Waals surface area (Å²) in [5, 5.41) is 2.50. The number of carbonyl (C=O) groups is 1. The highest BCUT2D eigenvalue weighted by molar-refractivity contribution is 5.89. The molecule has 0 saturated carbocycles. The summed E-state index contributed by atoms with van der Waals surface area (Å²) in [4.78, 5) is 18.3. The van der Waals surface area contributed by atoms with E-state index in [9.17, 15) is 13.6 Å². The van der Waals surface area contributed by atoms with Crippen molar-refractivity contribution in [1.82, 2.24) is 14.7 Å². The number of hydrogen-bond donors (Lipinski definition) is 1. The zero-order valence-electron chi connectivity index (χ0n) is 13.7. The third-order valence-corrected chi connectivity index (χ3v) is 3.91. The van der Waals surface area contributed by atoms with E-state index in [4.69, 9.17) is 0 Å². The van der Waals surface area contributed by atoms with Gasteiger partial charge in [0.05, 0.1) is 5.69 Å². The fraction of sp³-hybridized carbons (Fsp3) is 0.562. The highest BCUT2D eigenvalue weighted by Crippen LogP contribution is 2.16. The second-order valence-electron chi connectivity index (χ2n) is 6.04. The molecule has 23 heavy (non-hydrogen) atoms. The van der Waals surface area contributed by atoms with Crippen LogP contribution in [0.2, 0.25) is 0 Å². The number of rotatable bonds is 5. The van der Waals surface area contributed by atoms with Crippen LogP contribution in [0.5, 0.6) is 0 Å². The van der Waals surface area contributed by atoms with Crippen LogP contribution in [0.1, 0.15) is 6.42 Å². The van der Waals surface area contributed by atoms with E-state index in [2.05, 4.69) is 29.2 Å². The predicted molar refractivity (Wildman–Crippen MR) is 86.6 cm³/mol. The van der Waals surface area contributed by atoms with Gasteiger partial charge in [-0.05, 0) is 45.7 Å². The van der Waals surface area contributed by atoms with E-state index in [1.807, 2.05) is 0 Å². The van der Waals surface area contributed by atoms with E-state index in [1.165, 1.54) is 6.07 Å². The van der Waals surface area contributed by atoms with Crippen LogP contribution in [0.25, 0.3) is 0 Å². The number of nitrogens with zero attached hydrogens (tertiary/aromatic N) is 3. The van der Waals surface area contributed by atoms with E-state index in [0.29, 0.717) is 13.1 Å². The number of piperazine rings is 1. The van der Waals surface area contributed by atoms with Crippen LogP contribution in [0.15, 0.2) is 18.2 Å². The highest BCUT2D eigenvalue weighted by Gasteiger charge is 2.21. The molecule has 1 aliphatic rings. The standard InChI is InChI=1S/C16H24F2N4O/c1-20(2)6-3-7-21-8-10-22(11-9-21)16(23)19-15-5-4-13(17)12-14(15)18/h4-5,12H,3,6-11H2,1-2H3,(H,19,23). The minimum Gasteiger partial charge on any atom is -0.322 e. The molecule has 1 aliphatic heterocycles. The Hall–Kier alpha value is -1.73. The largest absolute Gasteiger partial charge is 0.322 e. The maximum Gasteiger partial charge on any atom is 0.322 e. The van der Waals surface area contributed by atoms with Crippen LogP contribution >= 0.6 is 0 Å². The highest BCUT2D eigenvalue weighted by atomic mass is 19.1. The normalized spacial score (nSPS) is 16.0. The second-order valence-corrected chi connectivity index (χ2v) is 6.04. The molecule has 1 aromatic carbocycles. The van der Waals surface area contributed by atoms with E-state index in [1.54, 1.807) is 4.90 Å². The summed E-state index contributed by atoms with van der Waals surface area (Å²) in [5.74, 6) is -1.42. The molecule has 1 fully saturated rings. The van der Waals surface area contributed by atoms with Crippen molar-refractivity contribution >= 4 is 11.7 Å².